The molecule has 1 fully saturated rings. The third-order valence-electron chi connectivity index (χ3n) is 6.87. The highest BCUT2D eigenvalue weighted by atomic mass is 16.6. The molecule has 7 nitrogen and oxygen atoms in total. The highest BCUT2D eigenvalue weighted by molar-refractivity contribution is 5.92. The van der Waals surface area contributed by atoms with Crippen LogP contribution in [0.15, 0.2) is 18.2 Å². The Labute approximate surface area is 224 Å². The van der Waals surface area contributed by atoms with Crippen molar-refractivity contribution in [2.45, 2.75) is 124 Å². The summed E-state index contributed by atoms with van der Waals surface area (Å²) in [6.45, 7) is 15.7. The van der Waals surface area contributed by atoms with Crippen LogP contribution in [-0.2, 0) is 14.3 Å². The van der Waals surface area contributed by atoms with Crippen molar-refractivity contribution in [3.05, 3.63) is 34.9 Å². The topological polar surface area (TPSA) is 87.7 Å². The van der Waals surface area contributed by atoms with E-state index in [1.54, 1.807) is 25.7 Å². The minimum atomic E-state index is -0.817. The number of benzene rings is 1. The molecule has 1 aromatic rings. The number of rotatable bonds is 10. The lowest BCUT2D eigenvalue weighted by atomic mass is 9.92. The minimum Gasteiger partial charge on any atom is -0.444 e. The number of hydrogen-bond acceptors (Lipinski definition) is 4. The first-order chi connectivity index (χ1) is 17.3. The van der Waals surface area contributed by atoms with Gasteiger partial charge >= 0.3 is 6.09 Å². The summed E-state index contributed by atoms with van der Waals surface area (Å²) in [6.07, 6.45) is 6.32. The second-order valence-electron chi connectivity index (χ2n) is 11.9. The molecule has 0 spiro atoms. The fraction of sp³-hybridized carbons (Fsp3) is 0.700. The number of alkyl carbamates (subject to hydrolysis) is 1. The normalized spacial score (nSPS) is 16.1. The van der Waals surface area contributed by atoms with Crippen molar-refractivity contribution < 1.29 is 19.1 Å². The molecule has 2 unspecified atom stereocenters. The number of carbonyl (C=O) groups is 3. The number of nitrogens with one attached hydrogen (secondary N) is 2. The van der Waals surface area contributed by atoms with E-state index >= 15 is 0 Å². The van der Waals surface area contributed by atoms with Gasteiger partial charge < -0.3 is 20.3 Å². The van der Waals surface area contributed by atoms with E-state index in [4.69, 9.17) is 4.74 Å². The Hall–Kier alpha value is -2.57. The number of carbonyl (C=O) groups excluding carboxylic acids is 3. The molecule has 208 valence electrons. The smallest absolute Gasteiger partial charge is 0.408 e. The number of unbranched alkanes of at least 4 members (excludes halogenated alkanes) is 1. The zero-order chi connectivity index (χ0) is 27.8. The Morgan fingerprint density at radius 3 is 2.27 bits per heavy atom. The molecule has 2 N–H and O–H groups in total. The van der Waals surface area contributed by atoms with Gasteiger partial charge in [0.05, 0.1) is 0 Å². The van der Waals surface area contributed by atoms with E-state index in [1.165, 1.54) is 6.42 Å². The van der Waals surface area contributed by atoms with Crippen LogP contribution in [0.1, 0.15) is 109 Å². The quantitative estimate of drug-likeness (QED) is 0.402. The minimum absolute atomic E-state index is 0.124. The molecular formula is C30H49N3O4. The number of hydrogen-bond donors (Lipinski definition) is 2. The van der Waals surface area contributed by atoms with Gasteiger partial charge in [-0.3, -0.25) is 9.59 Å². The van der Waals surface area contributed by atoms with Crippen molar-refractivity contribution in [3.8, 4) is 0 Å². The molecular weight excluding hydrogens is 466 g/mol. The molecule has 0 heterocycles. The standard InChI is InChI=1S/C30H49N3O4/c1-9-10-18-33(28(35)25(20(2)3)32-29(36)37-30(6,7)8)26(24-17-16-21(4)19-22(24)5)27(34)31-23-14-12-11-13-15-23/h16-17,19-20,23,25-26H,9-15,18H2,1-8H3,(H,31,34)(H,32,36). The summed E-state index contributed by atoms with van der Waals surface area (Å²) in [4.78, 5) is 42.4. The number of ether oxygens (including phenoxy) is 1. The molecule has 0 saturated heterocycles. The molecule has 0 aromatic heterocycles. The van der Waals surface area contributed by atoms with E-state index in [2.05, 4.69) is 23.6 Å². The Balaban J connectivity index is 2.48. The molecule has 1 aliphatic carbocycles. The van der Waals surface area contributed by atoms with Gasteiger partial charge in [0.25, 0.3) is 0 Å². The van der Waals surface area contributed by atoms with Crippen LogP contribution in [-0.4, -0.2) is 47.0 Å². The van der Waals surface area contributed by atoms with E-state index in [0.29, 0.717) is 6.54 Å². The lowest BCUT2D eigenvalue weighted by Crippen LogP contribution is -2.55. The summed E-state index contributed by atoms with van der Waals surface area (Å²) >= 11 is 0. The van der Waals surface area contributed by atoms with E-state index < -0.39 is 23.8 Å². The Morgan fingerprint density at radius 1 is 1.08 bits per heavy atom. The maximum absolute atomic E-state index is 14.2. The van der Waals surface area contributed by atoms with Gasteiger partial charge in [-0.15, -0.1) is 0 Å². The summed E-state index contributed by atoms with van der Waals surface area (Å²) in [5.41, 5.74) is 2.21. The molecule has 1 saturated carbocycles. The average Bonchev–Trinajstić information content (AvgIpc) is 2.80. The number of nitrogens with zero attached hydrogens (tertiary/aromatic N) is 1. The van der Waals surface area contributed by atoms with Crippen molar-refractivity contribution in [1.29, 1.82) is 0 Å². The van der Waals surface area contributed by atoms with Gasteiger partial charge in [0.1, 0.15) is 17.7 Å². The molecule has 1 aliphatic rings. The molecule has 1 aromatic carbocycles. The van der Waals surface area contributed by atoms with E-state index in [-0.39, 0.29) is 23.8 Å². The summed E-state index contributed by atoms with van der Waals surface area (Å²) in [5, 5.41) is 6.06. The summed E-state index contributed by atoms with van der Waals surface area (Å²) in [5.74, 6) is -0.605. The molecule has 2 rings (SSSR count). The molecule has 2 atom stereocenters. The second kappa shape index (κ2) is 13.8. The Bertz CT molecular complexity index is 916. The molecule has 0 aliphatic heterocycles. The van der Waals surface area contributed by atoms with E-state index in [1.807, 2.05) is 39.8 Å². The summed E-state index contributed by atoms with van der Waals surface area (Å²) < 4.78 is 5.45. The van der Waals surface area contributed by atoms with Crippen molar-refractivity contribution >= 4 is 17.9 Å². The SMILES string of the molecule is CCCCN(C(=O)C(NC(=O)OC(C)(C)C)C(C)C)C(C(=O)NC1CCCCC1)c1ccc(C)cc1C. The molecule has 0 bridgehead atoms. The van der Waals surface area contributed by atoms with Gasteiger partial charge in [0.2, 0.25) is 11.8 Å². The highest BCUT2D eigenvalue weighted by Crippen LogP contribution is 2.29. The first-order valence-corrected chi connectivity index (χ1v) is 14.0. The third-order valence-corrected chi connectivity index (χ3v) is 6.87. The second-order valence-corrected chi connectivity index (χ2v) is 11.9. The largest absolute Gasteiger partial charge is 0.444 e. The monoisotopic (exact) mass is 515 g/mol. The first-order valence-electron chi connectivity index (χ1n) is 14.0. The van der Waals surface area contributed by atoms with Crippen molar-refractivity contribution in [3.63, 3.8) is 0 Å². The summed E-state index contributed by atoms with van der Waals surface area (Å²) in [7, 11) is 0. The predicted molar refractivity (Wildman–Crippen MR) is 148 cm³/mol. The fourth-order valence-corrected chi connectivity index (χ4v) is 4.93. The van der Waals surface area contributed by atoms with Gasteiger partial charge in [0.15, 0.2) is 0 Å². The van der Waals surface area contributed by atoms with Crippen LogP contribution in [0.25, 0.3) is 0 Å². The lowest BCUT2D eigenvalue weighted by molar-refractivity contribution is -0.143. The van der Waals surface area contributed by atoms with Crippen LogP contribution < -0.4 is 10.6 Å². The van der Waals surface area contributed by atoms with Crippen LogP contribution in [0.2, 0.25) is 0 Å². The van der Waals surface area contributed by atoms with Gasteiger partial charge in [-0.25, -0.2) is 4.79 Å². The number of amides is 3. The maximum atomic E-state index is 14.2. The lowest BCUT2D eigenvalue weighted by Gasteiger charge is -2.37. The molecule has 3 amide bonds. The Morgan fingerprint density at radius 2 is 1.73 bits per heavy atom. The van der Waals surface area contributed by atoms with Crippen LogP contribution in [0.5, 0.6) is 0 Å². The fourth-order valence-electron chi connectivity index (χ4n) is 4.93. The molecule has 37 heavy (non-hydrogen) atoms. The third kappa shape index (κ3) is 9.35. The Kier molecular flexibility index (Phi) is 11.5. The van der Waals surface area contributed by atoms with E-state index in [0.717, 1.165) is 55.2 Å². The zero-order valence-electron chi connectivity index (χ0n) is 24.3. The average molecular weight is 516 g/mol. The maximum Gasteiger partial charge on any atom is 0.408 e. The zero-order valence-corrected chi connectivity index (χ0v) is 24.3. The van der Waals surface area contributed by atoms with Gasteiger partial charge in [-0.2, -0.15) is 0 Å². The predicted octanol–water partition coefficient (Wildman–Crippen LogP) is 5.97. The van der Waals surface area contributed by atoms with Crippen LogP contribution in [0.4, 0.5) is 4.79 Å². The van der Waals surface area contributed by atoms with Gasteiger partial charge in [-0.1, -0.05) is 70.2 Å². The van der Waals surface area contributed by atoms with E-state index in [9.17, 15) is 14.4 Å². The van der Waals surface area contributed by atoms with Crippen LogP contribution in [0, 0.1) is 19.8 Å². The van der Waals surface area contributed by atoms with Gasteiger partial charge in [-0.05, 0) is 70.9 Å². The molecule has 0 radical (unpaired) electrons. The van der Waals surface area contributed by atoms with Crippen molar-refractivity contribution in [2.24, 2.45) is 5.92 Å². The summed E-state index contributed by atoms with van der Waals surface area (Å²) in [6, 6.07) is 4.54. The van der Waals surface area contributed by atoms with Crippen molar-refractivity contribution in [1.82, 2.24) is 15.5 Å². The first kappa shape index (κ1) is 30.7. The number of aryl methyl sites for hydroxylation is 2. The van der Waals surface area contributed by atoms with Crippen LogP contribution in [0.3, 0.4) is 0 Å². The molecule has 7 heteroatoms. The van der Waals surface area contributed by atoms with Crippen LogP contribution >= 0.6 is 0 Å². The van der Waals surface area contributed by atoms with Gasteiger partial charge in [0, 0.05) is 12.6 Å². The van der Waals surface area contributed by atoms with Crippen molar-refractivity contribution in [2.75, 3.05) is 6.54 Å². The highest BCUT2D eigenvalue weighted by Gasteiger charge is 2.38.